The highest BCUT2D eigenvalue weighted by molar-refractivity contribution is 14.1. The van der Waals surface area contributed by atoms with Crippen LogP contribution in [0.1, 0.15) is 25.0 Å². The standard InChI is InChI=1S/C22H22IN3O4/c1-3-15-7-5-6-8-17(15)24-20(27)13-26-21(28)18(25-22(26)29)12-14-9-10-19(30-4-2)16(23)11-14/h5-12H,3-4,13H2,1-2H3,(H,24,27)(H,25,29)/b18-12+. The molecule has 0 unspecified atom stereocenters. The van der Waals surface area contributed by atoms with Gasteiger partial charge in [0.15, 0.2) is 0 Å². The number of imide groups is 1. The molecule has 0 aliphatic carbocycles. The van der Waals surface area contributed by atoms with E-state index in [1.807, 2.05) is 44.2 Å². The Morgan fingerprint density at radius 1 is 1.20 bits per heavy atom. The average Bonchev–Trinajstić information content (AvgIpc) is 2.98. The lowest BCUT2D eigenvalue weighted by Gasteiger charge is -2.13. The molecule has 0 atom stereocenters. The quantitative estimate of drug-likeness (QED) is 0.331. The van der Waals surface area contributed by atoms with Crippen molar-refractivity contribution in [3.8, 4) is 5.75 Å². The third kappa shape index (κ3) is 4.99. The van der Waals surface area contributed by atoms with Crippen molar-refractivity contribution in [2.24, 2.45) is 0 Å². The van der Waals surface area contributed by atoms with Gasteiger partial charge in [-0.25, -0.2) is 9.69 Å². The van der Waals surface area contributed by atoms with Crippen molar-refractivity contribution in [2.75, 3.05) is 18.5 Å². The Kier molecular flexibility index (Phi) is 7.09. The van der Waals surface area contributed by atoms with E-state index in [4.69, 9.17) is 4.74 Å². The normalized spacial score (nSPS) is 14.8. The first-order valence-electron chi connectivity index (χ1n) is 9.57. The SMILES string of the molecule is CCOc1ccc(/C=C2/NC(=O)N(CC(=O)Nc3ccccc3CC)C2=O)cc1I. The van der Waals surface area contributed by atoms with Gasteiger partial charge < -0.3 is 15.4 Å². The molecule has 4 amide bonds. The summed E-state index contributed by atoms with van der Waals surface area (Å²) in [6.45, 7) is 4.09. The molecule has 156 valence electrons. The zero-order chi connectivity index (χ0) is 21.7. The molecule has 30 heavy (non-hydrogen) atoms. The Labute approximate surface area is 188 Å². The van der Waals surface area contributed by atoms with Gasteiger partial charge in [-0.05, 0) is 71.3 Å². The molecule has 1 heterocycles. The van der Waals surface area contributed by atoms with E-state index in [2.05, 4.69) is 33.2 Å². The predicted molar refractivity (Wildman–Crippen MR) is 123 cm³/mol. The van der Waals surface area contributed by atoms with Crippen molar-refractivity contribution in [2.45, 2.75) is 20.3 Å². The number of amides is 4. The summed E-state index contributed by atoms with van der Waals surface area (Å²) in [5, 5.41) is 5.31. The van der Waals surface area contributed by atoms with Crippen LogP contribution in [0.25, 0.3) is 6.08 Å². The number of nitrogens with one attached hydrogen (secondary N) is 2. The molecule has 2 aromatic carbocycles. The lowest BCUT2D eigenvalue weighted by molar-refractivity contribution is -0.127. The summed E-state index contributed by atoms with van der Waals surface area (Å²) in [4.78, 5) is 38.2. The number of halogens is 1. The van der Waals surface area contributed by atoms with Gasteiger partial charge in [0.25, 0.3) is 5.91 Å². The molecular weight excluding hydrogens is 497 g/mol. The molecule has 1 saturated heterocycles. The van der Waals surface area contributed by atoms with E-state index in [9.17, 15) is 14.4 Å². The summed E-state index contributed by atoms with van der Waals surface area (Å²) >= 11 is 2.15. The first kappa shape index (κ1) is 21.8. The van der Waals surface area contributed by atoms with Crippen molar-refractivity contribution < 1.29 is 19.1 Å². The van der Waals surface area contributed by atoms with Crippen molar-refractivity contribution in [1.82, 2.24) is 10.2 Å². The Bertz CT molecular complexity index is 1020. The minimum atomic E-state index is -0.620. The van der Waals surface area contributed by atoms with Crippen molar-refractivity contribution in [3.05, 3.63) is 62.9 Å². The number of ether oxygens (including phenoxy) is 1. The summed E-state index contributed by atoms with van der Waals surface area (Å²) in [6, 6.07) is 12.3. The van der Waals surface area contributed by atoms with Crippen LogP contribution in [0.15, 0.2) is 48.2 Å². The van der Waals surface area contributed by atoms with E-state index < -0.39 is 17.8 Å². The largest absolute Gasteiger partial charge is 0.493 e. The van der Waals surface area contributed by atoms with Crippen LogP contribution >= 0.6 is 22.6 Å². The van der Waals surface area contributed by atoms with E-state index in [0.29, 0.717) is 12.3 Å². The molecule has 0 radical (unpaired) electrons. The van der Waals surface area contributed by atoms with Crippen LogP contribution in [0.4, 0.5) is 10.5 Å². The first-order valence-corrected chi connectivity index (χ1v) is 10.7. The van der Waals surface area contributed by atoms with Crippen LogP contribution in [0.3, 0.4) is 0 Å². The zero-order valence-corrected chi connectivity index (χ0v) is 18.9. The summed E-state index contributed by atoms with van der Waals surface area (Å²) in [5.41, 5.74) is 2.53. The fourth-order valence-corrected chi connectivity index (χ4v) is 3.74. The van der Waals surface area contributed by atoms with Gasteiger partial charge >= 0.3 is 6.03 Å². The van der Waals surface area contributed by atoms with E-state index >= 15 is 0 Å². The fourth-order valence-electron chi connectivity index (χ4n) is 3.05. The van der Waals surface area contributed by atoms with Gasteiger partial charge in [-0.1, -0.05) is 31.2 Å². The van der Waals surface area contributed by atoms with Gasteiger partial charge in [0.1, 0.15) is 18.0 Å². The van der Waals surface area contributed by atoms with Crippen LogP contribution in [0, 0.1) is 3.57 Å². The van der Waals surface area contributed by atoms with Crippen molar-refractivity contribution in [1.29, 1.82) is 0 Å². The molecule has 3 rings (SSSR count). The number of benzene rings is 2. The fraction of sp³-hybridized carbons (Fsp3) is 0.227. The molecule has 1 aliphatic rings. The van der Waals surface area contributed by atoms with Crippen LogP contribution in [-0.4, -0.2) is 35.9 Å². The molecule has 2 N–H and O–H groups in total. The number of anilines is 1. The Morgan fingerprint density at radius 3 is 2.67 bits per heavy atom. The van der Waals surface area contributed by atoms with Gasteiger partial charge in [-0.3, -0.25) is 9.59 Å². The second kappa shape index (κ2) is 9.75. The zero-order valence-electron chi connectivity index (χ0n) is 16.7. The molecule has 0 spiro atoms. The number of hydrogen-bond donors (Lipinski definition) is 2. The van der Waals surface area contributed by atoms with Gasteiger partial charge in [0.2, 0.25) is 5.91 Å². The molecule has 1 aliphatic heterocycles. The number of rotatable bonds is 7. The topological polar surface area (TPSA) is 87.7 Å². The number of nitrogens with zero attached hydrogens (tertiary/aromatic N) is 1. The summed E-state index contributed by atoms with van der Waals surface area (Å²) < 4.78 is 6.40. The van der Waals surface area contributed by atoms with Crippen molar-refractivity contribution in [3.63, 3.8) is 0 Å². The molecule has 1 fully saturated rings. The van der Waals surface area contributed by atoms with E-state index in [1.54, 1.807) is 18.2 Å². The lowest BCUT2D eigenvalue weighted by Crippen LogP contribution is -2.38. The lowest BCUT2D eigenvalue weighted by atomic mass is 10.1. The Balaban J connectivity index is 1.70. The maximum Gasteiger partial charge on any atom is 0.329 e. The maximum absolute atomic E-state index is 12.7. The van der Waals surface area contributed by atoms with Gasteiger partial charge in [-0.15, -0.1) is 0 Å². The average molecular weight is 519 g/mol. The van der Waals surface area contributed by atoms with Crippen LogP contribution in [0.5, 0.6) is 5.75 Å². The second-order valence-corrected chi connectivity index (χ2v) is 7.72. The third-order valence-corrected chi connectivity index (χ3v) is 5.35. The molecule has 2 aromatic rings. The van der Waals surface area contributed by atoms with E-state index in [1.165, 1.54) is 0 Å². The van der Waals surface area contributed by atoms with Crippen LogP contribution < -0.4 is 15.4 Å². The molecule has 7 nitrogen and oxygen atoms in total. The maximum atomic E-state index is 12.7. The number of carbonyl (C=O) groups is 3. The molecular formula is C22H22IN3O4. The van der Waals surface area contributed by atoms with Crippen molar-refractivity contribution >= 4 is 52.2 Å². The van der Waals surface area contributed by atoms with Crippen LogP contribution in [0.2, 0.25) is 0 Å². The molecule has 0 bridgehead atoms. The molecule has 0 saturated carbocycles. The highest BCUT2D eigenvalue weighted by Gasteiger charge is 2.35. The monoisotopic (exact) mass is 519 g/mol. The summed E-state index contributed by atoms with van der Waals surface area (Å²) in [5.74, 6) is -0.216. The Hall–Kier alpha value is -2.88. The number of para-hydroxylation sites is 1. The minimum absolute atomic E-state index is 0.127. The molecule has 8 heteroatoms. The number of urea groups is 1. The summed E-state index contributed by atoms with van der Waals surface area (Å²) in [7, 11) is 0. The second-order valence-electron chi connectivity index (χ2n) is 6.56. The Morgan fingerprint density at radius 2 is 1.97 bits per heavy atom. The predicted octanol–water partition coefficient (Wildman–Crippen LogP) is 3.78. The van der Waals surface area contributed by atoms with Crippen LogP contribution in [-0.2, 0) is 16.0 Å². The van der Waals surface area contributed by atoms with Gasteiger partial charge in [0.05, 0.1) is 10.2 Å². The first-order chi connectivity index (χ1) is 14.4. The third-order valence-electron chi connectivity index (χ3n) is 4.50. The number of carbonyl (C=O) groups excluding carboxylic acids is 3. The highest BCUT2D eigenvalue weighted by atomic mass is 127. The van der Waals surface area contributed by atoms with Gasteiger partial charge in [0, 0.05) is 5.69 Å². The number of aryl methyl sites for hydroxylation is 1. The summed E-state index contributed by atoms with van der Waals surface area (Å²) in [6.07, 6.45) is 2.34. The van der Waals surface area contributed by atoms with Gasteiger partial charge in [-0.2, -0.15) is 0 Å². The minimum Gasteiger partial charge on any atom is -0.493 e. The number of hydrogen-bond acceptors (Lipinski definition) is 4. The smallest absolute Gasteiger partial charge is 0.329 e. The van der Waals surface area contributed by atoms with E-state index in [-0.39, 0.29) is 12.2 Å². The molecule has 0 aromatic heterocycles. The highest BCUT2D eigenvalue weighted by Crippen LogP contribution is 2.24. The van der Waals surface area contributed by atoms with E-state index in [0.717, 1.165) is 31.8 Å².